The average Bonchev–Trinajstić information content (AvgIpc) is 2.82. The number of carbonyl (C=O) groups excluding carboxylic acids is 2. The van der Waals surface area contributed by atoms with Crippen LogP contribution in [0.3, 0.4) is 0 Å². The summed E-state index contributed by atoms with van der Waals surface area (Å²) in [7, 11) is -4.06. The molecule has 0 bridgehead atoms. The molecule has 0 saturated carbocycles. The summed E-state index contributed by atoms with van der Waals surface area (Å²) in [5.41, 5.74) is 3.07. The Bertz CT molecular complexity index is 1360. The van der Waals surface area contributed by atoms with Crippen molar-refractivity contribution in [2.45, 2.75) is 38.5 Å². The molecule has 0 heterocycles. The number of halogens is 1. The van der Waals surface area contributed by atoms with Gasteiger partial charge in [0.05, 0.1) is 16.3 Å². The van der Waals surface area contributed by atoms with Gasteiger partial charge in [0.25, 0.3) is 21.8 Å². The minimum absolute atomic E-state index is 0.0198. The Morgan fingerprint density at radius 3 is 2.37 bits per heavy atom. The largest absolute Gasteiger partial charge is 0.352 e. The second-order valence-electron chi connectivity index (χ2n) is 8.16. The lowest BCUT2D eigenvalue weighted by molar-refractivity contribution is 0.0954. The Morgan fingerprint density at radius 1 is 0.914 bits per heavy atom. The smallest absolute Gasteiger partial charge is 0.263 e. The highest BCUT2D eigenvalue weighted by Gasteiger charge is 2.21. The molecule has 7 nitrogen and oxygen atoms in total. The Hall–Kier alpha value is -3.36. The first-order valence-corrected chi connectivity index (χ1v) is 13.1. The predicted octanol–water partition coefficient (Wildman–Crippen LogP) is 5.54. The van der Waals surface area contributed by atoms with Gasteiger partial charge in [-0.05, 0) is 73.9 Å². The Labute approximate surface area is 211 Å². The van der Waals surface area contributed by atoms with Gasteiger partial charge in [-0.3, -0.25) is 14.3 Å². The van der Waals surface area contributed by atoms with E-state index in [-0.39, 0.29) is 21.4 Å². The molecule has 0 radical (unpaired) electrons. The lowest BCUT2D eigenvalue weighted by Crippen LogP contribution is -2.26. The van der Waals surface area contributed by atoms with E-state index in [1.807, 2.05) is 26.8 Å². The number of unbranched alkanes of at least 4 members (excludes halogenated alkanes) is 1. The molecule has 0 spiro atoms. The number of amides is 2. The van der Waals surface area contributed by atoms with Gasteiger partial charge in [-0.1, -0.05) is 43.1 Å². The first kappa shape index (κ1) is 26.2. The van der Waals surface area contributed by atoms with Crippen LogP contribution in [0.15, 0.2) is 65.6 Å². The van der Waals surface area contributed by atoms with E-state index < -0.39 is 15.9 Å². The fourth-order valence-electron chi connectivity index (χ4n) is 3.32. The second kappa shape index (κ2) is 11.4. The SMILES string of the molecule is CCCCNC(=O)c1ccccc1NC(=O)c1ccc(Cl)c(S(=O)(=O)Nc2ccc(C)c(C)c2)c1. The minimum atomic E-state index is -4.06. The van der Waals surface area contributed by atoms with E-state index in [2.05, 4.69) is 15.4 Å². The zero-order chi connectivity index (χ0) is 25.6. The quantitative estimate of drug-likeness (QED) is 0.327. The molecule has 3 aromatic rings. The third kappa shape index (κ3) is 6.61. The zero-order valence-electron chi connectivity index (χ0n) is 19.8. The van der Waals surface area contributed by atoms with Crippen LogP contribution in [0.25, 0.3) is 0 Å². The number of sulfonamides is 1. The highest BCUT2D eigenvalue weighted by Crippen LogP contribution is 2.26. The molecule has 0 aliphatic heterocycles. The first-order chi connectivity index (χ1) is 16.6. The van der Waals surface area contributed by atoms with E-state index in [1.54, 1.807) is 36.4 Å². The fraction of sp³-hybridized carbons (Fsp3) is 0.231. The van der Waals surface area contributed by atoms with E-state index in [0.29, 0.717) is 23.5 Å². The topological polar surface area (TPSA) is 104 Å². The Kier molecular flexibility index (Phi) is 8.53. The van der Waals surface area contributed by atoms with Crippen molar-refractivity contribution >= 4 is 44.8 Å². The second-order valence-corrected chi connectivity index (χ2v) is 10.2. The van der Waals surface area contributed by atoms with E-state index in [4.69, 9.17) is 11.6 Å². The van der Waals surface area contributed by atoms with Gasteiger partial charge in [0.2, 0.25) is 0 Å². The summed E-state index contributed by atoms with van der Waals surface area (Å²) in [6.45, 7) is 6.37. The number of rotatable bonds is 9. The summed E-state index contributed by atoms with van der Waals surface area (Å²) in [5, 5.41) is 5.51. The minimum Gasteiger partial charge on any atom is -0.352 e. The van der Waals surface area contributed by atoms with Gasteiger partial charge in [0.15, 0.2) is 0 Å². The fourth-order valence-corrected chi connectivity index (χ4v) is 4.90. The summed E-state index contributed by atoms with van der Waals surface area (Å²) in [6, 6.07) is 15.8. The van der Waals surface area contributed by atoms with Crippen molar-refractivity contribution < 1.29 is 18.0 Å². The molecular formula is C26H28ClN3O4S. The lowest BCUT2D eigenvalue weighted by Gasteiger charge is -2.14. The number of para-hydroxylation sites is 1. The summed E-state index contributed by atoms with van der Waals surface area (Å²) in [6.07, 6.45) is 1.79. The molecule has 3 N–H and O–H groups in total. The number of anilines is 2. The highest BCUT2D eigenvalue weighted by molar-refractivity contribution is 7.92. The van der Waals surface area contributed by atoms with E-state index in [9.17, 15) is 18.0 Å². The number of carbonyl (C=O) groups is 2. The molecule has 0 unspecified atom stereocenters. The van der Waals surface area contributed by atoms with Crippen LogP contribution in [-0.4, -0.2) is 26.8 Å². The number of hydrogen-bond donors (Lipinski definition) is 3. The van der Waals surface area contributed by atoms with Crippen molar-refractivity contribution in [3.8, 4) is 0 Å². The van der Waals surface area contributed by atoms with Crippen LogP contribution in [0, 0.1) is 13.8 Å². The molecule has 2 amide bonds. The van der Waals surface area contributed by atoms with Crippen LogP contribution in [0.4, 0.5) is 11.4 Å². The number of aryl methyl sites for hydroxylation is 2. The van der Waals surface area contributed by atoms with Crippen molar-refractivity contribution in [2.24, 2.45) is 0 Å². The van der Waals surface area contributed by atoms with Crippen LogP contribution in [0.5, 0.6) is 0 Å². The van der Waals surface area contributed by atoms with Crippen molar-refractivity contribution in [1.29, 1.82) is 0 Å². The van der Waals surface area contributed by atoms with Crippen LogP contribution in [0.2, 0.25) is 5.02 Å². The molecule has 3 aromatic carbocycles. The average molecular weight is 514 g/mol. The number of benzene rings is 3. The van der Waals surface area contributed by atoms with Crippen molar-refractivity contribution in [1.82, 2.24) is 5.32 Å². The Balaban J connectivity index is 1.84. The molecule has 9 heteroatoms. The first-order valence-electron chi connectivity index (χ1n) is 11.2. The van der Waals surface area contributed by atoms with Crippen LogP contribution >= 0.6 is 11.6 Å². The van der Waals surface area contributed by atoms with Gasteiger partial charge in [0, 0.05) is 17.8 Å². The third-order valence-corrected chi connectivity index (χ3v) is 7.34. The maximum Gasteiger partial charge on any atom is 0.263 e. The summed E-state index contributed by atoms with van der Waals surface area (Å²) < 4.78 is 28.6. The predicted molar refractivity (Wildman–Crippen MR) is 140 cm³/mol. The maximum absolute atomic E-state index is 13.0. The van der Waals surface area contributed by atoms with Crippen molar-refractivity contribution in [3.63, 3.8) is 0 Å². The van der Waals surface area contributed by atoms with E-state index in [0.717, 1.165) is 24.0 Å². The van der Waals surface area contributed by atoms with Crippen LogP contribution in [0.1, 0.15) is 51.6 Å². The summed E-state index contributed by atoms with van der Waals surface area (Å²) in [5.74, 6) is -0.871. The summed E-state index contributed by atoms with van der Waals surface area (Å²) in [4.78, 5) is 25.3. The van der Waals surface area contributed by atoms with Gasteiger partial charge < -0.3 is 10.6 Å². The standard InChI is InChI=1S/C26H28ClN3O4S/c1-4-5-14-28-26(32)21-8-6-7-9-23(21)29-25(31)19-11-13-22(27)24(16-19)35(33,34)30-20-12-10-17(2)18(3)15-20/h6-13,15-16,30H,4-5,14H2,1-3H3,(H,28,32)(H,29,31). The maximum atomic E-state index is 13.0. The van der Waals surface area contributed by atoms with Crippen LogP contribution in [-0.2, 0) is 10.0 Å². The molecule has 0 aromatic heterocycles. The Morgan fingerprint density at radius 2 is 1.66 bits per heavy atom. The lowest BCUT2D eigenvalue weighted by atomic mass is 10.1. The zero-order valence-corrected chi connectivity index (χ0v) is 21.4. The molecule has 0 fully saturated rings. The van der Waals surface area contributed by atoms with E-state index >= 15 is 0 Å². The van der Waals surface area contributed by atoms with Gasteiger partial charge >= 0.3 is 0 Å². The monoisotopic (exact) mass is 513 g/mol. The van der Waals surface area contributed by atoms with Gasteiger partial charge in [0.1, 0.15) is 4.90 Å². The third-order valence-electron chi connectivity index (χ3n) is 5.48. The summed E-state index contributed by atoms with van der Waals surface area (Å²) >= 11 is 6.19. The molecule has 0 aliphatic carbocycles. The molecule has 35 heavy (non-hydrogen) atoms. The molecular weight excluding hydrogens is 486 g/mol. The normalized spacial score (nSPS) is 11.1. The van der Waals surface area contributed by atoms with Crippen LogP contribution < -0.4 is 15.4 Å². The molecule has 184 valence electrons. The molecule has 0 saturated heterocycles. The van der Waals surface area contributed by atoms with E-state index in [1.165, 1.54) is 18.2 Å². The molecule has 3 rings (SSSR count). The number of hydrogen-bond acceptors (Lipinski definition) is 4. The van der Waals surface area contributed by atoms with Gasteiger partial charge in [-0.25, -0.2) is 8.42 Å². The highest BCUT2D eigenvalue weighted by atomic mass is 35.5. The van der Waals surface area contributed by atoms with Gasteiger partial charge in [-0.15, -0.1) is 0 Å². The van der Waals surface area contributed by atoms with Crippen molar-refractivity contribution in [2.75, 3.05) is 16.6 Å². The van der Waals surface area contributed by atoms with Crippen molar-refractivity contribution in [3.05, 3.63) is 87.9 Å². The van der Waals surface area contributed by atoms with Gasteiger partial charge in [-0.2, -0.15) is 0 Å². The molecule has 0 aliphatic rings. The molecule has 0 atom stereocenters. The number of nitrogens with one attached hydrogen (secondary N) is 3.